The average molecular weight is 346 g/mol. The molecule has 0 saturated carbocycles. The second kappa shape index (κ2) is 7.68. The molecule has 6 heteroatoms. The minimum Gasteiger partial charge on any atom is -0.481 e. The van der Waals surface area contributed by atoms with Crippen molar-refractivity contribution in [2.24, 2.45) is 5.92 Å². The molecule has 1 unspecified atom stereocenters. The predicted molar refractivity (Wildman–Crippen MR) is 95.4 cm³/mol. The lowest BCUT2D eigenvalue weighted by atomic mass is 9.96. The first-order chi connectivity index (χ1) is 11.7. The number of para-hydroxylation sites is 1. The molecule has 25 heavy (non-hydrogen) atoms. The smallest absolute Gasteiger partial charge is 0.303 e. The molecular formula is C19H26N2O4. The van der Waals surface area contributed by atoms with Crippen LogP contribution in [0.2, 0.25) is 0 Å². The summed E-state index contributed by atoms with van der Waals surface area (Å²) in [5.74, 6) is -1.55. The lowest BCUT2D eigenvalue weighted by Crippen LogP contribution is -2.46. The van der Waals surface area contributed by atoms with Gasteiger partial charge in [0.25, 0.3) is 0 Å². The standard InChI is InChI=1S/C19H26N2O4/c1-4-13-7-5-6-8-15(13)21-12-14(11-16(21)22)18(25)20-19(2,3)10-9-17(23)24/h5-8,14H,4,9-12H2,1-3H3,(H,20,25)(H,23,24). The van der Waals surface area contributed by atoms with Crippen LogP contribution in [0.5, 0.6) is 0 Å². The summed E-state index contributed by atoms with van der Waals surface area (Å²) in [6.07, 6.45) is 1.34. The summed E-state index contributed by atoms with van der Waals surface area (Å²) < 4.78 is 0. The van der Waals surface area contributed by atoms with Crippen LogP contribution in [-0.4, -0.2) is 35.0 Å². The molecule has 0 spiro atoms. The number of benzene rings is 1. The molecule has 1 atom stereocenters. The van der Waals surface area contributed by atoms with E-state index in [-0.39, 0.29) is 24.7 Å². The number of amides is 2. The zero-order valence-corrected chi connectivity index (χ0v) is 15.0. The molecule has 0 aromatic heterocycles. The van der Waals surface area contributed by atoms with Crippen LogP contribution in [-0.2, 0) is 20.8 Å². The van der Waals surface area contributed by atoms with Crippen molar-refractivity contribution >= 4 is 23.5 Å². The Hall–Kier alpha value is -2.37. The Labute approximate surface area is 148 Å². The summed E-state index contributed by atoms with van der Waals surface area (Å²) in [5.41, 5.74) is 1.34. The molecular weight excluding hydrogens is 320 g/mol. The number of hydrogen-bond donors (Lipinski definition) is 2. The van der Waals surface area contributed by atoms with E-state index in [0.29, 0.717) is 13.0 Å². The van der Waals surface area contributed by atoms with E-state index in [1.807, 2.05) is 31.2 Å². The van der Waals surface area contributed by atoms with E-state index in [1.54, 1.807) is 18.7 Å². The third kappa shape index (κ3) is 4.81. The van der Waals surface area contributed by atoms with Crippen molar-refractivity contribution in [1.29, 1.82) is 0 Å². The summed E-state index contributed by atoms with van der Waals surface area (Å²) in [7, 11) is 0. The van der Waals surface area contributed by atoms with E-state index in [2.05, 4.69) is 5.32 Å². The number of aliphatic carboxylic acids is 1. The molecule has 2 amide bonds. The normalized spacial score (nSPS) is 17.6. The average Bonchev–Trinajstić information content (AvgIpc) is 2.94. The number of carbonyl (C=O) groups is 3. The Bertz CT molecular complexity index is 669. The number of hydrogen-bond acceptors (Lipinski definition) is 3. The SMILES string of the molecule is CCc1ccccc1N1CC(C(=O)NC(C)(C)CCC(=O)O)CC1=O. The van der Waals surface area contributed by atoms with Gasteiger partial charge in [0.1, 0.15) is 0 Å². The van der Waals surface area contributed by atoms with Gasteiger partial charge >= 0.3 is 5.97 Å². The first-order valence-electron chi connectivity index (χ1n) is 8.65. The van der Waals surface area contributed by atoms with Crippen molar-refractivity contribution in [2.45, 2.75) is 52.0 Å². The van der Waals surface area contributed by atoms with Crippen LogP contribution in [0.25, 0.3) is 0 Å². The van der Waals surface area contributed by atoms with Gasteiger partial charge in [-0.05, 0) is 38.3 Å². The molecule has 0 bridgehead atoms. The van der Waals surface area contributed by atoms with Gasteiger partial charge in [-0.3, -0.25) is 14.4 Å². The fourth-order valence-corrected chi connectivity index (χ4v) is 3.11. The number of carboxylic acid groups (broad SMARTS) is 1. The van der Waals surface area contributed by atoms with Crippen molar-refractivity contribution in [3.05, 3.63) is 29.8 Å². The maximum Gasteiger partial charge on any atom is 0.303 e. The first kappa shape index (κ1) is 19.0. The molecule has 1 aromatic carbocycles. The topological polar surface area (TPSA) is 86.7 Å². The molecule has 1 aliphatic rings. The monoisotopic (exact) mass is 346 g/mol. The highest BCUT2D eigenvalue weighted by atomic mass is 16.4. The van der Waals surface area contributed by atoms with E-state index in [0.717, 1.165) is 17.7 Å². The van der Waals surface area contributed by atoms with Gasteiger partial charge < -0.3 is 15.3 Å². The third-order valence-corrected chi connectivity index (χ3v) is 4.58. The van der Waals surface area contributed by atoms with E-state index < -0.39 is 17.4 Å². The predicted octanol–water partition coefficient (Wildman–Crippen LogP) is 2.36. The zero-order chi connectivity index (χ0) is 18.6. The van der Waals surface area contributed by atoms with Crippen LogP contribution < -0.4 is 10.2 Å². The lowest BCUT2D eigenvalue weighted by Gasteiger charge is -2.27. The largest absolute Gasteiger partial charge is 0.481 e. The fraction of sp³-hybridized carbons (Fsp3) is 0.526. The van der Waals surface area contributed by atoms with Gasteiger partial charge in [-0.25, -0.2) is 0 Å². The molecule has 136 valence electrons. The zero-order valence-electron chi connectivity index (χ0n) is 15.0. The Morgan fingerprint density at radius 1 is 1.32 bits per heavy atom. The highest BCUT2D eigenvalue weighted by molar-refractivity contribution is 6.00. The molecule has 1 aliphatic heterocycles. The molecule has 2 N–H and O–H groups in total. The number of aryl methyl sites for hydroxylation is 1. The molecule has 2 rings (SSSR count). The Balaban J connectivity index is 2.04. The van der Waals surface area contributed by atoms with Gasteiger partial charge in [0.2, 0.25) is 11.8 Å². The Kier molecular flexibility index (Phi) is 5.82. The highest BCUT2D eigenvalue weighted by Gasteiger charge is 2.37. The van der Waals surface area contributed by atoms with Crippen molar-refractivity contribution in [3.8, 4) is 0 Å². The summed E-state index contributed by atoms with van der Waals surface area (Å²) in [6.45, 7) is 5.99. The first-order valence-corrected chi connectivity index (χ1v) is 8.65. The van der Waals surface area contributed by atoms with E-state index in [9.17, 15) is 14.4 Å². The van der Waals surface area contributed by atoms with Gasteiger partial charge in [0.05, 0.1) is 5.92 Å². The quantitative estimate of drug-likeness (QED) is 0.793. The highest BCUT2D eigenvalue weighted by Crippen LogP contribution is 2.29. The molecule has 1 aromatic rings. The Morgan fingerprint density at radius 3 is 2.64 bits per heavy atom. The minimum atomic E-state index is -0.888. The second-order valence-corrected chi connectivity index (χ2v) is 7.15. The summed E-state index contributed by atoms with van der Waals surface area (Å²) in [6, 6.07) is 7.74. The number of rotatable bonds is 7. The molecule has 1 saturated heterocycles. The fourth-order valence-electron chi connectivity index (χ4n) is 3.11. The van der Waals surface area contributed by atoms with Crippen LogP contribution >= 0.6 is 0 Å². The van der Waals surface area contributed by atoms with Gasteiger partial charge in [0, 0.05) is 30.6 Å². The number of carbonyl (C=O) groups excluding carboxylic acids is 2. The molecule has 0 radical (unpaired) electrons. The lowest BCUT2D eigenvalue weighted by molar-refractivity contribution is -0.138. The molecule has 1 heterocycles. The second-order valence-electron chi connectivity index (χ2n) is 7.15. The molecule has 6 nitrogen and oxygen atoms in total. The number of nitrogens with one attached hydrogen (secondary N) is 1. The van der Waals surface area contributed by atoms with Crippen molar-refractivity contribution in [2.75, 3.05) is 11.4 Å². The maximum atomic E-state index is 12.5. The molecule has 1 fully saturated rings. The number of carboxylic acids is 1. The minimum absolute atomic E-state index is 0.00707. The van der Waals surface area contributed by atoms with E-state index in [4.69, 9.17) is 5.11 Å². The van der Waals surface area contributed by atoms with Gasteiger partial charge in [-0.15, -0.1) is 0 Å². The van der Waals surface area contributed by atoms with Crippen LogP contribution in [0.1, 0.15) is 45.6 Å². The van der Waals surface area contributed by atoms with Crippen molar-refractivity contribution in [3.63, 3.8) is 0 Å². The van der Waals surface area contributed by atoms with Crippen LogP contribution in [0, 0.1) is 5.92 Å². The number of nitrogens with zero attached hydrogens (tertiary/aromatic N) is 1. The van der Waals surface area contributed by atoms with E-state index >= 15 is 0 Å². The van der Waals surface area contributed by atoms with Crippen LogP contribution in [0.4, 0.5) is 5.69 Å². The maximum absolute atomic E-state index is 12.5. The van der Waals surface area contributed by atoms with Gasteiger partial charge in [-0.2, -0.15) is 0 Å². The summed E-state index contributed by atoms with van der Waals surface area (Å²) in [5, 5.41) is 11.7. The summed E-state index contributed by atoms with van der Waals surface area (Å²) in [4.78, 5) is 37.4. The molecule has 0 aliphatic carbocycles. The van der Waals surface area contributed by atoms with E-state index in [1.165, 1.54) is 0 Å². The van der Waals surface area contributed by atoms with Gasteiger partial charge in [-0.1, -0.05) is 25.1 Å². The Morgan fingerprint density at radius 2 is 2.00 bits per heavy atom. The number of anilines is 1. The van der Waals surface area contributed by atoms with Gasteiger partial charge in [0.15, 0.2) is 0 Å². The van der Waals surface area contributed by atoms with Crippen molar-refractivity contribution in [1.82, 2.24) is 5.32 Å². The van der Waals surface area contributed by atoms with Crippen molar-refractivity contribution < 1.29 is 19.5 Å². The van der Waals surface area contributed by atoms with Crippen LogP contribution in [0.15, 0.2) is 24.3 Å². The van der Waals surface area contributed by atoms with Crippen LogP contribution in [0.3, 0.4) is 0 Å². The summed E-state index contributed by atoms with van der Waals surface area (Å²) >= 11 is 0. The third-order valence-electron chi connectivity index (χ3n) is 4.58.